The molecule has 1 saturated carbocycles. The van der Waals surface area contributed by atoms with Crippen LogP contribution >= 0.6 is 15.9 Å². The lowest BCUT2D eigenvalue weighted by Crippen LogP contribution is -2.43. The van der Waals surface area contributed by atoms with E-state index in [1.54, 1.807) is 6.07 Å². The fourth-order valence-corrected chi connectivity index (χ4v) is 2.21. The van der Waals surface area contributed by atoms with Gasteiger partial charge in [0.2, 0.25) is 5.91 Å². The Morgan fingerprint density at radius 3 is 2.86 bits per heavy atom. The number of benzene rings is 1. The molecule has 0 aliphatic heterocycles. The van der Waals surface area contributed by atoms with E-state index in [1.165, 1.54) is 12.1 Å². The fraction of sp³-hybridized carbons (Fsp3) is 0.462. The van der Waals surface area contributed by atoms with Crippen LogP contribution in [0.2, 0.25) is 0 Å². The van der Waals surface area contributed by atoms with E-state index in [1.807, 2.05) is 0 Å². The molecular weight excluding hydrogens is 342 g/mol. The summed E-state index contributed by atoms with van der Waals surface area (Å²) in [5.74, 6) is -0.0394. The van der Waals surface area contributed by atoms with Crippen molar-refractivity contribution >= 4 is 27.5 Å². The molecule has 21 heavy (non-hydrogen) atoms. The molecule has 3 N–H and O–H groups in total. The molecule has 0 radical (unpaired) electrons. The second kappa shape index (κ2) is 6.86. The highest BCUT2D eigenvalue weighted by molar-refractivity contribution is 9.10. The van der Waals surface area contributed by atoms with Gasteiger partial charge in [-0.05, 0) is 34.8 Å². The van der Waals surface area contributed by atoms with Gasteiger partial charge in [-0.15, -0.1) is 0 Å². The lowest BCUT2D eigenvalue weighted by Gasteiger charge is -2.15. The maximum Gasteiger partial charge on any atom is 0.273 e. The maximum absolute atomic E-state index is 11.3. The standard InChI is InChI=1S/C13H16BrN3O4/c14-10-4-3-9(17(19)20)7-12(10)21-6-5-11(13(15)18)16-8-1-2-8/h3-4,7-8,11,16H,1-2,5-6H2,(H2,15,18). The van der Waals surface area contributed by atoms with Gasteiger partial charge in [-0.3, -0.25) is 14.9 Å². The molecule has 8 heteroatoms. The van der Waals surface area contributed by atoms with Crippen LogP contribution in [0.4, 0.5) is 5.69 Å². The van der Waals surface area contributed by atoms with Crippen LogP contribution in [0.1, 0.15) is 19.3 Å². The van der Waals surface area contributed by atoms with E-state index in [9.17, 15) is 14.9 Å². The van der Waals surface area contributed by atoms with Gasteiger partial charge < -0.3 is 15.8 Å². The summed E-state index contributed by atoms with van der Waals surface area (Å²) in [5, 5.41) is 13.9. The second-order valence-electron chi connectivity index (χ2n) is 4.90. The molecule has 1 aromatic carbocycles. The predicted octanol–water partition coefficient (Wildman–Crippen LogP) is 1.73. The van der Waals surface area contributed by atoms with E-state index in [0.717, 1.165) is 12.8 Å². The van der Waals surface area contributed by atoms with Gasteiger partial charge >= 0.3 is 0 Å². The number of nitro benzene ring substituents is 1. The summed E-state index contributed by atoms with van der Waals surface area (Å²) in [6, 6.07) is 4.22. The van der Waals surface area contributed by atoms with Crippen molar-refractivity contribution < 1.29 is 14.5 Å². The van der Waals surface area contributed by atoms with Gasteiger partial charge in [-0.2, -0.15) is 0 Å². The van der Waals surface area contributed by atoms with Crippen LogP contribution < -0.4 is 15.8 Å². The Bertz CT molecular complexity index is 548. The zero-order chi connectivity index (χ0) is 15.4. The topological polar surface area (TPSA) is 107 Å². The summed E-state index contributed by atoms with van der Waals surface area (Å²) in [6.45, 7) is 0.243. The number of hydrogen-bond acceptors (Lipinski definition) is 5. The number of ether oxygens (including phenoxy) is 1. The zero-order valence-electron chi connectivity index (χ0n) is 11.3. The van der Waals surface area contributed by atoms with Crippen LogP contribution in [-0.2, 0) is 4.79 Å². The molecule has 0 heterocycles. The third-order valence-corrected chi connectivity index (χ3v) is 3.80. The molecule has 0 bridgehead atoms. The van der Waals surface area contributed by atoms with Crippen molar-refractivity contribution in [3.05, 3.63) is 32.8 Å². The minimum absolute atomic E-state index is 0.0456. The number of nitrogens with zero attached hydrogens (tertiary/aromatic N) is 1. The van der Waals surface area contributed by atoms with Crippen molar-refractivity contribution in [2.45, 2.75) is 31.3 Å². The number of halogens is 1. The Hall–Kier alpha value is -1.67. The molecule has 1 atom stereocenters. The van der Waals surface area contributed by atoms with Crippen LogP contribution in [0.15, 0.2) is 22.7 Å². The molecule has 1 aliphatic rings. The average Bonchev–Trinajstić information content (AvgIpc) is 3.23. The monoisotopic (exact) mass is 357 g/mol. The lowest BCUT2D eigenvalue weighted by molar-refractivity contribution is -0.385. The number of non-ortho nitro benzene ring substituents is 1. The molecule has 7 nitrogen and oxygen atoms in total. The number of primary amides is 1. The van der Waals surface area contributed by atoms with E-state index in [0.29, 0.717) is 22.7 Å². The summed E-state index contributed by atoms with van der Waals surface area (Å²) < 4.78 is 6.14. The molecular formula is C13H16BrN3O4. The molecule has 1 aromatic rings. The molecule has 1 unspecified atom stereocenters. The van der Waals surface area contributed by atoms with Crippen LogP contribution in [-0.4, -0.2) is 29.5 Å². The summed E-state index contributed by atoms with van der Waals surface area (Å²) in [4.78, 5) is 21.6. The highest BCUT2D eigenvalue weighted by Crippen LogP contribution is 2.29. The Morgan fingerprint density at radius 1 is 1.57 bits per heavy atom. The molecule has 1 fully saturated rings. The van der Waals surface area contributed by atoms with E-state index < -0.39 is 16.9 Å². The summed E-state index contributed by atoms with van der Waals surface area (Å²) >= 11 is 3.27. The first kappa shape index (κ1) is 15.7. The molecule has 0 spiro atoms. The van der Waals surface area contributed by atoms with Crippen LogP contribution in [0.5, 0.6) is 5.75 Å². The smallest absolute Gasteiger partial charge is 0.273 e. The third-order valence-electron chi connectivity index (χ3n) is 3.15. The van der Waals surface area contributed by atoms with Crippen LogP contribution in [0, 0.1) is 10.1 Å². The molecule has 0 saturated heterocycles. The maximum atomic E-state index is 11.3. The molecule has 114 valence electrons. The largest absolute Gasteiger partial charge is 0.492 e. The van der Waals surface area contributed by atoms with Gasteiger partial charge in [0.1, 0.15) is 5.75 Å². The number of carbonyl (C=O) groups is 1. The third kappa shape index (κ3) is 4.68. The van der Waals surface area contributed by atoms with Crippen molar-refractivity contribution in [2.24, 2.45) is 5.73 Å². The van der Waals surface area contributed by atoms with Crippen LogP contribution in [0.25, 0.3) is 0 Å². The number of nitrogens with two attached hydrogens (primary N) is 1. The molecule has 1 amide bonds. The Kier molecular flexibility index (Phi) is 5.13. The second-order valence-corrected chi connectivity index (χ2v) is 5.76. The number of rotatable bonds is 8. The van der Waals surface area contributed by atoms with E-state index in [4.69, 9.17) is 10.5 Å². The Balaban J connectivity index is 1.90. The van der Waals surface area contributed by atoms with Gasteiger partial charge in [0, 0.05) is 18.5 Å². The number of nitrogens with one attached hydrogen (secondary N) is 1. The minimum Gasteiger partial charge on any atom is -0.492 e. The van der Waals surface area contributed by atoms with E-state index in [-0.39, 0.29) is 12.3 Å². The number of nitro groups is 1. The molecule has 0 aromatic heterocycles. The summed E-state index contributed by atoms with van der Waals surface area (Å²) in [6.07, 6.45) is 2.53. The normalized spacial score (nSPS) is 15.5. The van der Waals surface area contributed by atoms with Crippen molar-refractivity contribution in [3.63, 3.8) is 0 Å². The Morgan fingerprint density at radius 2 is 2.29 bits per heavy atom. The first-order chi connectivity index (χ1) is 9.97. The van der Waals surface area contributed by atoms with E-state index >= 15 is 0 Å². The first-order valence-electron chi connectivity index (χ1n) is 6.59. The van der Waals surface area contributed by atoms with Crippen molar-refractivity contribution in [3.8, 4) is 5.75 Å². The van der Waals surface area contributed by atoms with Crippen molar-refractivity contribution in [1.82, 2.24) is 5.32 Å². The van der Waals surface area contributed by atoms with Gasteiger partial charge in [0.05, 0.1) is 28.1 Å². The van der Waals surface area contributed by atoms with Crippen molar-refractivity contribution in [2.75, 3.05) is 6.61 Å². The quantitative estimate of drug-likeness (QED) is 0.544. The van der Waals surface area contributed by atoms with E-state index in [2.05, 4.69) is 21.2 Å². The number of carbonyl (C=O) groups excluding carboxylic acids is 1. The molecule has 1 aliphatic carbocycles. The highest BCUT2D eigenvalue weighted by atomic mass is 79.9. The summed E-state index contributed by atoms with van der Waals surface area (Å²) in [7, 11) is 0. The summed E-state index contributed by atoms with van der Waals surface area (Å²) in [5.41, 5.74) is 5.28. The average molecular weight is 358 g/mol. The zero-order valence-corrected chi connectivity index (χ0v) is 12.8. The van der Waals surface area contributed by atoms with Gasteiger partial charge in [-0.25, -0.2) is 0 Å². The minimum atomic E-state index is -0.486. The fourth-order valence-electron chi connectivity index (χ4n) is 1.85. The van der Waals surface area contributed by atoms with Crippen molar-refractivity contribution in [1.29, 1.82) is 0 Å². The SMILES string of the molecule is NC(=O)C(CCOc1cc([N+](=O)[O-])ccc1Br)NC1CC1. The van der Waals surface area contributed by atoms with Gasteiger partial charge in [0.15, 0.2) is 0 Å². The number of hydrogen-bond donors (Lipinski definition) is 2. The molecule has 2 rings (SSSR count). The first-order valence-corrected chi connectivity index (χ1v) is 7.39. The predicted molar refractivity (Wildman–Crippen MR) is 80.0 cm³/mol. The highest BCUT2D eigenvalue weighted by Gasteiger charge is 2.27. The van der Waals surface area contributed by atoms with Gasteiger partial charge in [0.25, 0.3) is 5.69 Å². The number of amides is 1. The van der Waals surface area contributed by atoms with Gasteiger partial charge in [-0.1, -0.05) is 0 Å². The lowest BCUT2D eigenvalue weighted by atomic mass is 10.2. The van der Waals surface area contributed by atoms with Crippen LogP contribution in [0.3, 0.4) is 0 Å². The Labute approximate surface area is 130 Å².